The molecule has 0 saturated carbocycles. The fourth-order valence-electron chi connectivity index (χ4n) is 1.81. The van der Waals surface area contributed by atoms with Gasteiger partial charge < -0.3 is 15.0 Å². The van der Waals surface area contributed by atoms with E-state index >= 15 is 0 Å². The number of benzene rings is 1. The lowest BCUT2D eigenvalue weighted by molar-refractivity contribution is 0.188. The molecule has 20 heavy (non-hydrogen) atoms. The van der Waals surface area contributed by atoms with E-state index in [1.54, 1.807) is 26.2 Å². The zero-order valence-electron chi connectivity index (χ0n) is 11.6. The van der Waals surface area contributed by atoms with Gasteiger partial charge in [-0.05, 0) is 31.4 Å². The third-order valence-corrected chi connectivity index (χ3v) is 3.05. The van der Waals surface area contributed by atoms with Crippen molar-refractivity contribution in [2.24, 2.45) is 5.73 Å². The average Bonchev–Trinajstić information content (AvgIpc) is 2.92. The summed E-state index contributed by atoms with van der Waals surface area (Å²) in [6.45, 7) is 2.34. The molecular weight excluding hydrogens is 261 g/mol. The van der Waals surface area contributed by atoms with Crippen LogP contribution >= 0.6 is 0 Å². The van der Waals surface area contributed by atoms with E-state index in [-0.39, 0.29) is 11.9 Å². The largest absolute Gasteiger partial charge is 0.385 e. The van der Waals surface area contributed by atoms with Crippen molar-refractivity contribution in [2.75, 3.05) is 13.7 Å². The van der Waals surface area contributed by atoms with Gasteiger partial charge in [0.05, 0.1) is 6.04 Å². The smallest absolute Gasteiger partial charge is 0.243 e. The summed E-state index contributed by atoms with van der Waals surface area (Å²) in [6, 6.07) is 4.49. The van der Waals surface area contributed by atoms with Crippen molar-refractivity contribution in [3.05, 3.63) is 35.5 Å². The van der Waals surface area contributed by atoms with Gasteiger partial charge in [-0.2, -0.15) is 4.98 Å². The Morgan fingerprint density at radius 1 is 1.45 bits per heavy atom. The highest BCUT2D eigenvalue weighted by Gasteiger charge is 2.16. The zero-order valence-corrected chi connectivity index (χ0v) is 11.6. The van der Waals surface area contributed by atoms with Gasteiger partial charge in [-0.3, -0.25) is 0 Å². The summed E-state index contributed by atoms with van der Waals surface area (Å²) < 4.78 is 23.6. The summed E-state index contributed by atoms with van der Waals surface area (Å²) >= 11 is 0. The molecule has 0 aliphatic carbocycles. The first kappa shape index (κ1) is 14.6. The fraction of sp³-hybridized carbons (Fsp3) is 0.429. The molecule has 0 aliphatic rings. The Labute approximate surface area is 116 Å². The number of halogens is 1. The van der Waals surface area contributed by atoms with E-state index in [1.807, 2.05) is 0 Å². The SMILES string of the molecule is COCCCC(N)c1nc(-c2ccc(C)c(F)c2)no1. The first-order valence-electron chi connectivity index (χ1n) is 6.46. The first-order chi connectivity index (χ1) is 9.61. The maximum absolute atomic E-state index is 13.5. The van der Waals surface area contributed by atoms with Crippen molar-refractivity contribution >= 4 is 0 Å². The highest BCUT2D eigenvalue weighted by atomic mass is 19.1. The summed E-state index contributed by atoms with van der Waals surface area (Å²) in [5.74, 6) is 0.413. The summed E-state index contributed by atoms with van der Waals surface area (Å²) in [7, 11) is 1.64. The number of nitrogens with two attached hydrogens (primary N) is 1. The number of aryl methyl sites for hydroxylation is 1. The number of methoxy groups -OCH3 is 1. The van der Waals surface area contributed by atoms with Gasteiger partial charge in [0.2, 0.25) is 11.7 Å². The van der Waals surface area contributed by atoms with Gasteiger partial charge in [0.15, 0.2) is 0 Å². The predicted octanol–water partition coefficient (Wildman–Crippen LogP) is 2.61. The fourth-order valence-corrected chi connectivity index (χ4v) is 1.81. The maximum atomic E-state index is 13.5. The Bertz CT molecular complexity index is 571. The number of hydrogen-bond donors (Lipinski definition) is 1. The molecule has 5 nitrogen and oxygen atoms in total. The molecule has 2 N–H and O–H groups in total. The summed E-state index contributed by atoms with van der Waals surface area (Å²) in [5, 5.41) is 3.84. The van der Waals surface area contributed by atoms with Gasteiger partial charge in [-0.15, -0.1) is 0 Å². The highest BCUT2D eigenvalue weighted by Crippen LogP contribution is 2.21. The van der Waals surface area contributed by atoms with Crippen molar-refractivity contribution < 1.29 is 13.7 Å². The standard InChI is InChI=1S/C14H18FN3O2/c1-9-5-6-10(8-11(9)15)13-17-14(20-18-13)12(16)4-3-7-19-2/h5-6,8,12H,3-4,7,16H2,1-2H3. The number of aromatic nitrogens is 2. The van der Waals surface area contributed by atoms with Gasteiger partial charge in [0.1, 0.15) is 5.82 Å². The van der Waals surface area contributed by atoms with Gasteiger partial charge >= 0.3 is 0 Å². The minimum Gasteiger partial charge on any atom is -0.385 e. The molecule has 1 heterocycles. The number of rotatable bonds is 6. The highest BCUT2D eigenvalue weighted by molar-refractivity contribution is 5.54. The van der Waals surface area contributed by atoms with E-state index in [1.165, 1.54) is 6.07 Å². The Morgan fingerprint density at radius 3 is 2.95 bits per heavy atom. The molecule has 6 heteroatoms. The summed E-state index contributed by atoms with van der Waals surface area (Å²) in [5.41, 5.74) is 7.11. The van der Waals surface area contributed by atoms with E-state index in [4.69, 9.17) is 15.0 Å². The van der Waals surface area contributed by atoms with Gasteiger partial charge in [-0.1, -0.05) is 17.3 Å². The van der Waals surface area contributed by atoms with Crippen LogP contribution in [0.15, 0.2) is 22.7 Å². The molecule has 1 unspecified atom stereocenters. The Balaban J connectivity index is 2.09. The van der Waals surface area contributed by atoms with E-state index < -0.39 is 0 Å². The molecule has 1 atom stereocenters. The lowest BCUT2D eigenvalue weighted by Crippen LogP contribution is -2.11. The molecule has 0 saturated heterocycles. The molecular formula is C14H18FN3O2. The number of hydrogen-bond acceptors (Lipinski definition) is 5. The lowest BCUT2D eigenvalue weighted by atomic mass is 10.1. The van der Waals surface area contributed by atoms with Crippen molar-refractivity contribution in [3.63, 3.8) is 0 Å². The zero-order chi connectivity index (χ0) is 14.5. The normalized spacial score (nSPS) is 12.6. The summed E-state index contributed by atoms with van der Waals surface area (Å²) in [4.78, 5) is 4.22. The van der Waals surface area contributed by atoms with E-state index in [0.29, 0.717) is 35.9 Å². The third-order valence-electron chi connectivity index (χ3n) is 3.05. The van der Waals surface area contributed by atoms with Crippen LogP contribution in [0, 0.1) is 12.7 Å². The topological polar surface area (TPSA) is 74.2 Å². The second-order valence-electron chi connectivity index (χ2n) is 4.66. The maximum Gasteiger partial charge on any atom is 0.243 e. The van der Waals surface area contributed by atoms with Gasteiger partial charge in [0, 0.05) is 19.3 Å². The van der Waals surface area contributed by atoms with Crippen LogP contribution in [0.4, 0.5) is 4.39 Å². The molecule has 0 fully saturated rings. The first-order valence-corrected chi connectivity index (χ1v) is 6.46. The van der Waals surface area contributed by atoms with E-state index in [2.05, 4.69) is 10.1 Å². The molecule has 0 radical (unpaired) electrons. The van der Waals surface area contributed by atoms with Crippen LogP contribution in [0.5, 0.6) is 0 Å². The number of ether oxygens (including phenoxy) is 1. The van der Waals surface area contributed by atoms with Crippen molar-refractivity contribution in [3.8, 4) is 11.4 Å². The molecule has 0 bridgehead atoms. The van der Waals surface area contributed by atoms with Crippen LogP contribution in [-0.2, 0) is 4.74 Å². The van der Waals surface area contributed by atoms with Crippen LogP contribution < -0.4 is 5.73 Å². The molecule has 2 aromatic rings. The average molecular weight is 279 g/mol. The van der Waals surface area contributed by atoms with Gasteiger partial charge in [-0.25, -0.2) is 4.39 Å². The molecule has 0 aliphatic heterocycles. The van der Waals surface area contributed by atoms with Crippen LogP contribution in [0.1, 0.15) is 30.3 Å². The third kappa shape index (κ3) is 3.40. The molecule has 1 aromatic heterocycles. The van der Waals surface area contributed by atoms with Crippen LogP contribution in [0.2, 0.25) is 0 Å². The van der Waals surface area contributed by atoms with E-state index in [9.17, 15) is 4.39 Å². The van der Waals surface area contributed by atoms with Crippen molar-refractivity contribution in [2.45, 2.75) is 25.8 Å². The molecule has 1 aromatic carbocycles. The second kappa shape index (κ2) is 6.58. The monoisotopic (exact) mass is 279 g/mol. The lowest BCUT2D eigenvalue weighted by Gasteiger charge is -2.05. The Kier molecular flexibility index (Phi) is 4.81. The number of nitrogens with zero attached hydrogens (tertiary/aromatic N) is 2. The quantitative estimate of drug-likeness (QED) is 0.823. The molecule has 0 spiro atoms. The molecule has 108 valence electrons. The summed E-state index contributed by atoms with van der Waals surface area (Å²) in [6.07, 6.45) is 1.51. The van der Waals surface area contributed by atoms with Crippen LogP contribution in [-0.4, -0.2) is 23.9 Å². The van der Waals surface area contributed by atoms with Crippen LogP contribution in [0.25, 0.3) is 11.4 Å². The van der Waals surface area contributed by atoms with E-state index in [0.717, 1.165) is 6.42 Å². The second-order valence-corrected chi connectivity index (χ2v) is 4.66. The Hall–Kier alpha value is -1.79. The predicted molar refractivity (Wildman–Crippen MR) is 72.5 cm³/mol. The Morgan fingerprint density at radius 2 is 2.25 bits per heavy atom. The molecule has 0 amide bonds. The minimum atomic E-state index is -0.332. The molecule has 2 rings (SSSR count). The van der Waals surface area contributed by atoms with Gasteiger partial charge in [0.25, 0.3) is 0 Å². The van der Waals surface area contributed by atoms with Crippen molar-refractivity contribution in [1.29, 1.82) is 0 Å². The minimum absolute atomic E-state index is 0.293. The van der Waals surface area contributed by atoms with Crippen LogP contribution in [0.3, 0.4) is 0 Å². The van der Waals surface area contributed by atoms with Crippen molar-refractivity contribution in [1.82, 2.24) is 10.1 Å².